The molecule has 0 heterocycles. The first-order chi connectivity index (χ1) is 8.00. The molecule has 1 aromatic rings. The van der Waals surface area contributed by atoms with Gasteiger partial charge in [-0.3, -0.25) is 0 Å². The van der Waals surface area contributed by atoms with Gasteiger partial charge in [0.25, 0.3) is 0 Å². The molecule has 1 aliphatic carbocycles. The molecule has 0 radical (unpaired) electrons. The van der Waals surface area contributed by atoms with E-state index in [4.69, 9.17) is 10.5 Å². The molecule has 4 heteroatoms. The van der Waals surface area contributed by atoms with Gasteiger partial charge in [0, 0.05) is 4.47 Å². The lowest BCUT2D eigenvalue weighted by Crippen LogP contribution is -2.16. The summed E-state index contributed by atoms with van der Waals surface area (Å²) in [6.07, 6.45) is 2.87. The van der Waals surface area contributed by atoms with E-state index in [9.17, 15) is 4.79 Å². The van der Waals surface area contributed by atoms with Gasteiger partial charge < -0.3 is 10.5 Å². The summed E-state index contributed by atoms with van der Waals surface area (Å²) in [5.41, 5.74) is 9.31. The van der Waals surface area contributed by atoms with E-state index in [0.29, 0.717) is 11.3 Å². The molecule has 0 aliphatic heterocycles. The number of esters is 1. The number of halogens is 1. The average molecular weight is 298 g/mol. The first kappa shape index (κ1) is 12.4. The summed E-state index contributed by atoms with van der Waals surface area (Å²) in [6, 6.07) is 2.02. The van der Waals surface area contributed by atoms with Crippen molar-refractivity contribution in [2.45, 2.75) is 39.2 Å². The van der Waals surface area contributed by atoms with Gasteiger partial charge in [0.1, 0.15) is 0 Å². The highest BCUT2D eigenvalue weighted by atomic mass is 79.9. The Kier molecular flexibility index (Phi) is 3.43. The van der Waals surface area contributed by atoms with Gasteiger partial charge in [-0.1, -0.05) is 0 Å². The molecule has 0 saturated heterocycles. The molecule has 0 fully saturated rings. The number of rotatable bonds is 2. The van der Waals surface area contributed by atoms with Crippen LogP contribution in [0.3, 0.4) is 0 Å². The molecule has 0 aromatic heterocycles. The first-order valence-corrected chi connectivity index (χ1v) is 6.60. The maximum absolute atomic E-state index is 12.1. The molecule has 1 aromatic carbocycles. The summed E-state index contributed by atoms with van der Waals surface area (Å²) in [7, 11) is 0. The zero-order valence-electron chi connectivity index (χ0n) is 10.0. The van der Waals surface area contributed by atoms with Gasteiger partial charge >= 0.3 is 5.97 Å². The monoisotopic (exact) mass is 297 g/mol. The average Bonchev–Trinajstić information content (AvgIpc) is 2.65. The van der Waals surface area contributed by atoms with Crippen molar-refractivity contribution in [3.05, 3.63) is 27.2 Å². The lowest BCUT2D eigenvalue weighted by Gasteiger charge is -2.14. The highest BCUT2D eigenvalue weighted by Crippen LogP contribution is 2.35. The summed E-state index contributed by atoms with van der Waals surface area (Å²) >= 11 is 3.40. The minimum Gasteiger partial charge on any atom is -0.459 e. The number of nitrogens with two attached hydrogens (primary N) is 1. The fourth-order valence-corrected chi connectivity index (χ4v) is 2.71. The van der Waals surface area contributed by atoms with E-state index in [0.717, 1.165) is 29.3 Å². The lowest BCUT2D eigenvalue weighted by atomic mass is 10.0. The van der Waals surface area contributed by atoms with E-state index in [1.54, 1.807) is 0 Å². The molecule has 0 amide bonds. The van der Waals surface area contributed by atoms with E-state index in [2.05, 4.69) is 15.9 Å². The summed E-state index contributed by atoms with van der Waals surface area (Å²) in [6.45, 7) is 3.68. The second kappa shape index (κ2) is 4.69. The van der Waals surface area contributed by atoms with Crippen LogP contribution in [-0.4, -0.2) is 12.1 Å². The fraction of sp³-hybridized carbons (Fsp3) is 0.462. The van der Waals surface area contributed by atoms with Gasteiger partial charge in [-0.05, 0) is 66.2 Å². The maximum Gasteiger partial charge on any atom is 0.340 e. The van der Waals surface area contributed by atoms with Gasteiger partial charge in [-0.15, -0.1) is 0 Å². The number of aryl methyl sites for hydroxylation is 1. The van der Waals surface area contributed by atoms with Crippen molar-refractivity contribution in [1.82, 2.24) is 0 Å². The van der Waals surface area contributed by atoms with Crippen LogP contribution in [-0.2, 0) is 17.6 Å². The van der Waals surface area contributed by atoms with Crippen LogP contribution >= 0.6 is 15.9 Å². The molecule has 2 N–H and O–H groups in total. The van der Waals surface area contributed by atoms with Crippen LogP contribution in [0.2, 0.25) is 0 Å². The van der Waals surface area contributed by atoms with Crippen LogP contribution in [0, 0.1) is 0 Å². The molecular weight excluding hydrogens is 282 g/mol. The van der Waals surface area contributed by atoms with Gasteiger partial charge in [-0.2, -0.15) is 0 Å². The Bertz CT molecular complexity index is 469. The molecule has 0 unspecified atom stereocenters. The zero-order chi connectivity index (χ0) is 12.6. The third kappa shape index (κ3) is 2.32. The molecule has 0 spiro atoms. The van der Waals surface area contributed by atoms with Gasteiger partial charge in [0.05, 0.1) is 17.4 Å². The molecule has 2 rings (SSSR count). The second-order valence-corrected chi connectivity index (χ2v) is 5.45. The van der Waals surface area contributed by atoms with Crippen molar-refractivity contribution in [3.8, 4) is 0 Å². The Morgan fingerprint density at radius 1 is 1.47 bits per heavy atom. The normalized spacial score (nSPS) is 13.9. The Morgan fingerprint density at radius 3 is 2.82 bits per heavy atom. The fourth-order valence-electron chi connectivity index (χ4n) is 2.23. The van der Waals surface area contributed by atoms with Crippen molar-refractivity contribution >= 4 is 27.6 Å². The minimum absolute atomic E-state index is 0.127. The first-order valence-electron chi connectivity index (χ1n) is 5.81. The van der Waals surface area contributed by atoms with Crippen LogP contribution in [0.5, 0.6) is 0 Å². The van der Waals surface area contributed by atoms with E-state index < -0.39 is 0 Å². The second-order valence-electron chi connectivity index (χ2n) is 4.59. The number of carbonyl (C=O) groups is 1. The molecule has 17 heavy (non-hydrogen) atoms. The van der Waals surface area contributed by atoms with Crippen LogP contribution < -0.4 is 5.73 Å². The predicted molar refractivity (Wildman–Crippen MR) is 71.1 cm³/mol. The van der Waals surface area contributed by atoms with Crippen molar-refractivity contribution < 1.29 is 9.53 Å². The number of anilines is 1. The van der Waals surface area contributed by atoms with Crippen molar-refractivity contribution in [2.24, 2.45) is 0 Å². The Hall–Kier alpha value is -1.03. The summed E-state index contributed by atoms with van der Waals surface area (Å²) in [5, 5.41) is 0. The number of fused-ring (bicyclic) bond motifs is 1. The molecule has 0 atom stereocenters. The molecule has 3 nitrogen and oxygen atoms in total. The topological polar surface area (TPSA) is 52.3 Å². The molecule has 1 aliphatic rings. The van der Waals surface area contributed by atoms with E-state index in [1.807, 2.05) is 19.9 Å². The molecule has 0 bridgehead atoms. The van der Waals surface area contributed by atoms with Crippen LogP contribution in [0.4, 0.5) is 5.69 Å². The number of nitrogen functional groups attached to an aromatic ring is 1. The smallest absolute Gasteiger partial charge is 0.340 e. The Labute approximate surface area is 109 Å². The molecular formula is C13H16BrNO2. The standard InChI is InChI=1S/C13H16BrNO2/c1-7(2)17-13(16)11-9-5-3-4-8(9)6-10(14)12(11)15/h6-7H,3-5,15H2,1-2H3. The number of benzene rings is 1. The van der Waals surface area contributed by atoms with Crippen molar-refractivity contribution in [2.75, 3.05) is 5.73 Å². The highest BCUT2D eigenvalue weighted by Gasteiger charge is 2.25. The van der Waals surface area contributed by atoms with Gasteiger partial charge in [0.15, 0.2) is 0 Å². The van der Waals surface area contributed by atoms with Crippen LogP contribution in [0.15, 0.2) is 10.5 Å². The van der Waals surface area contributed by atoms with Crippen molar-refractivity contribution in [1.29, 1.82) is 0 Å². The van der Waals surface area contributed by atoms with Gasteiger partial charge in [0.2, 0.25) is 0 Å². The number of hydrogen-bond acceptors (Lipinski definition) is 3. The van der Waals surface area contributed by atoms with E-state index >= 15 is 0 Å². The SMILES string of the molecule is CC(C)OC(=O)c1c(N)c(Br)cc2c1CCC2. The maximum atomic E-state index is 12.1. The molecule has 0 saturated carbocycles. The van der Waals surface area contributed by atoms with Crippen LogP contribution in [0.25, 0.3) is 0 Å². The Morgan fingerprint density at radius 2 is 2.18 bits per heavy atom. The number of ether oxygens (including phenoxy) is 1. The lowest BCUT2D eigenvalue weighted by molar-refractivity contribution is 0.0378. The summed E-state index contributed by atoms with van der Waals surface area (Å²) in [5.74, 6) is -0.308. The van der Waals surface area contributed by atoms with Crippen molar-refractivity contribution in [3.63, 3.8) is 0 Å². The largest absolute Gasteiger partial charge is 0.459 e. The van der Waals surface area contributed by atoms with Crippen LogP contribution in [0.1, 0.15) is 41.8 Å². The minimum atomic E-state index is -0.308. The van der Waals surface area contributed by atoms with E-state index in [1.165, 1.54) is 5.56 Å². The summed E-state index contributed by atoms with van der Waals surface area (Å²) < 4.78 is 6.04. The third-order valence-electron chi connectivity index (χ3n) is 2.94. The number of carbonyl (C=O) groups excluding carboxylic acids is 1. The highest BCUT2D eigenvalue weighted by molar-refractivity contribution is 9.10. The predicted octanol–water partition coefficient (Wildman–Crippen LogP) is 3.09. The summed E-state index contributed by atoms with van der Waals surface area (Å²) in [4.78, 5) is 12.1. The Balaban J connectivity index is 2.49. The quantitative estimate of drug-likeness (QED) is 0.674. The molecule has 92 valence electrons. The third-order valence-corrected chi connectivity index (χ3v) is 3.59. The number of hydrogen-bond donors (Lipinski definition) is 1. The van der Waals surface area contributed by atoms with Gasteiger partial charge in [-0.25, -0.2) is 4.79 Å². The zero-order valence-corrected chi connectivity index (χ0v) is 11.6. The van der Waals surface area contributed by atoms with E-state index in [-0.39, 0.29) is 12.1 Å².